The standard InChI is InChI=1S/C22H23NO3/c1-16-10-18(5-4-17-2-3-17)6-7-22(16)19-11-20(13-23-12-19)26-15-21-14-24-8-9-25-21/h6-7,10-13,17,21H,2-3,8-9,14-15H2,1H3. The fourth-order valence-electron chi connectivity index (χ4n) is 2.95. The van der Waals surface area contributed by atoms with Gasteiger partial charge < -0.3 is 14.2 Å². The Labute approximate surface area is 154 Å². The molecule has 2 aromatic rings. The highest BCUT2D eigenvalue weighted by Crippen LogP contribution is 2.29. The molecule has 1 aromatic heterocycles. The van der Waals surface area contributed by atoms with Crippen LogP contribution >= 0.6 is 0 Å². The maximum absolute atomic E-state index is 5.85. The average molecular weight is 349 g/mol. The number of hydrogen-bond donors (Lipinski definition) is 0. The Morgan fingerprint density at radius 1 is 1.19 bits per heavy atom. The highest BCUT2D eigenvalue weighted by atomic mass is 16.6. The van der Waals surface area contributed by atoms with E-state index in [1.807, 2.05) is 12.3 Å². The molecule has 0 amide bonds. The molecule has 2 heterocycles. The summed E-state index contributed by atoms with van der Waals surface area (Å²) >= 11 is 0. The Bertz CT molecular complexity index is 827. The summed E-state index contributed by atoms with van der Waals surface area (Å²) in [4.78, 5) is 4.33. The van der Waals surface area contributed by atoms with Gasteiger partial charge in [0.2, 0.25) is 0 Å². The summed E-state index contributed by atoms with van der Waals surface area (Å²) in [6.07, 6.45) is 6.09. The van der Waals surface area contributed by atoms with Crippen LogP contribution in [0.25, 0.3) is 11.1 Å². The first-order valence-electron chi connectivity index (χ1n) is 9.18. The smallest absolute Gasteiger partial charge is 0.138 e. The van der Waals surface area contributed by atoms with Crippen molar-refractivity contribution in [2.75, 3.05) is 26.4 Å². The van der Waals surface area contributed by atoms with E-state index < -0.39 is 0 Å². The maximum Gasteiger partial charge on any atom is 0.138 e. The van der Waals surface area contributed by atoms with Crippen molar-refractivity contribution in [1.29, 1.82) is 0 Å². The lowest BCUT2D eigenvalue weighted by molar-refractivity contribution is -0.101. The first kappa shape index (κ1) is 17.1. The molecule has 0 bridgehead atoms. The maximum atomic E-state index is 5.85. The van der Waals surface area contributed by atoms with Crippen LogP contribution in [-0.2, 0) is 9.47 Å². The quantitative estimate of drug-likeness (QED) is 0.791. The molecule has 2 aliphatic rings. The molecule has 4 heteroatoms. The summed E-state index contributed by atoms with van der Waals surface area (Å²) in [7, 11) is 0. The van der Waals surface area contributed by atoms with Gasteiger partial charge in [0.25, 0.3) is 0 Å². The molecule has 1 atom stereocenters. The van der Waals surface area contributed by atoms with Crippen molar-refractivity contribution < 1.29 is 14.2 Å². The van der Waals surface area contributed by atoms with E-state index >= 15 is 0 Å². The third-order valence-corrected chi connectivity index (χ3v) is 4.57. The van der Waals surface area contributed by atoms with Crippen LogP contribution in [0.2, 0.25) is 0 Å². The van der Waals surface area contributed by atoms with Gasteiger partial charge in [-0.3, -0.25) is 4.98 Å². The van der Waals surface area contributed by atoms with E-state index in [1.165, 1.54) is 18.4 Å². The lowest BCUT2D eigenvalue weighted by Crippen LogP contribution is -2.33. The van der Waals surface area contributed by atoms with Gasteiger partial charge in [0, 0.05) is 23.2 Å². The van der Waals surface area contributed by atoms with Crippen molar-refractivity contribution in [2.24, 2.45) is 5.92 Å². The Morgan fingerprint density at radius 2 is 2.12 bits per heavy atom. The molecule has 1 aliphatic carbocycles. The summed E-state index contributed by atoms with van der Waals surface area (Å²) in [5.41, 5.74) is 4.46. The molecule has 1 aromatic carbocycles. The van der Waals surface area contributed by atoms with Gasteiger partial charge in [-0.15, -0.1) is 0 Å². The summed E-state index contributed by atoms with van der Waals surface area (Å²) < 4.78 is 16.9. The van der Waals surface area contributed by atoms with Crippen LogP contribution in [0.3, 0.4) is 0 Å². The Kier molecular flexibility index (Phi) is 5.19. The minimum atomic E-state index is -0.0153. The fraction of sp³-hybridized carbons (Fsp3) is 0.409. The third-order valence-electron chi connectivity index (χ3n) is 4.57. The van der Waals surface area contributed by atoms with Gasteiger partial charge in [0.15, 0.2) is 0 Å². The number of ether oxygens (including phenoxy) is 3. The van der Waals surface area contributed by atoms with Crippen LogP contribution in [0, 0.1) is 24.7 Å². The van der Waals surface area contributed by atoms with E-state index in [2.05, 4.69) is 41.9 Å². The molecule has 1 saturated heterocycles. The van der Waals surface area contributed by atoms with E-state index in [0.29, 0.717) is 32.3 Å². The van der Waals surface area contributed by atoms with Gasteiger partial charge in [0.05, 0.1) is 26.0 Å². The molecule has 134 valence electrons. The highest BCUT2D eigenvalue weighted by Gasteiger charge is 2.18. The Balaban J connectivity index is 1.46. The van der Waals surface area contributed by atoms with Crippen LogP contribution in [0.1, 0.15) is 24.0 Å². The molecule has 0 spiro atoms. The first-order chi connectivity index (χ1) is 12.8. The van der Waals surface area contributed by atoms with Crippen molar-refractivity contribution in [2.45, 2.75) is 25.9 Å². The lowest BCUT2D eigenvalue weighted by Gasteiger charge is -2.22. The van der Waals surface area contributed by atoms with E-state index in [9.17, 15) is 0 Å². The number of nitrogens with zero attached hydrogens (tertiary/aromatic N) is 1. The van der Waals surface area contributed by atoms with Crippen LogP contribution < -0.4 is 4.74 Å². The molecule has 1 unspecified atom stereocenters. The number of aryl methyl sites for hydroxylation is 1. The zero-order valence-electron chi connectivity index (χ0n) is 15.0. The van der Waals surface area contributed by atoms with E-state index in [4.69, 9.17) is 14.2 Å². The third kappa shape index (κ3) is 4.43. The molecule has 4 rings (SSSR count). The predicted molar refractivity (Wildman–Crippen MR) is 100 cm³/mol. The summed E-state index contributed by atoms with van der Waals surface area (Å²) in [6.45, 7) is 4.45. The summed E-state index contributed by atoms with van der Waals surface area (Å²) in [6, 6.07) is 8.36. The first-order valence-corrected chi connectivity index (χ1v) is 9.18. The van der Waals surface area contributed by atoms with E-state index in [0.717, 1.165) is 22.4 Å². The molecule has 2 fully saturated rings. The number of benzene rings is 1. The number of rotatable bonds is 4. The van der Waals surface area contributed by atoms with Crippen molar-refractivity contribution in [3.63, 3.8) is 0 Å². The number of aromatic nitrogens is 1. The summed E-state index contributed by atoms with van der Waals surface area (Å²) in [5, 5.41) is 0. The van der Waals surface area contributed by atoms with Crippen LogP contribution in [-0.4, -0.2) is 37.5 Å². The highest BCUT2D eigenvalue weighted by molar-refractivity contribution is 5.68. The molecular weight excluding hydrogens is 326 g/mol. The molecule has 0 radical (unpaired) electrons. The molecule has 26 heavy (non-hydrogen) atoms. The minimum Gasteiger partial charge on any atom is -0.489 e. The van der Waals surface area contributed by atoms with Crippen molar-refractivity contribution in [3.05, 3.63) is 47.8 Å². The van der Waals surface area contributed by atoms with Gasteiger partial charge in [-0.25, -0.2) is 0 Å². The predicted octanol–water partition coefficient (Wildman–Crippen LogP) is 3.61. The summed E-state index contributed by atoms with van der Waals surface area (Å²) in [5.74, 6) is 7.95. The molecule has 4 nitrogen and oxygen atoms in total. The average Bonchev–Trinajstić information content (AvgIpc) is 3.50. The lowest BCUT2D eigenvalue weighted by atomic mass is 9.99. The molecule has 0 N–H and O–H groups in total. The Morgan fingerprint density at radius 3 is 2.88 bits per heavy atom. The van der Waals surface area contributed by atoms with Gasteiger partial charge in [-0.2, -0.15) is 0 Å². The van der Waals surface area contributed by atoms with E-state index in [-0.39, 0.29) is 6.10 Å². The zero-order valence-corrected chi connectivity index (χ0v) is 15.0. The molecule has 1 aliphatic heterocycles. The van der Waals surface area contributed by atoms with Crippen molar-refractivity contribution in [1.82, 2.24) is 4.98 Å². The molecule has 1 saturated carbocycles. The normalized spacial score (nSPS) is 19.5. The van der Waals surface area contributed by atoms with Crippen LogP contribution in [0.15, 0.2) is 36.7 Å². The van der Waals surface area contributed by atoms with Gasteiger partial charge in [-0.05, 0) is 49.1 Å². The van der Waals surface area contributed by atoms with Crippen molar-refractivity contribution in [3.8, 4) is 28.7 Å². The largest absolute Gasteiger partial charge is 0.489 e. The van der Waals surface area contributed by atoms with Crippen LogP contribution in [0.4, 0.5) is 0 Å². The second-order valence-corrected chi connectivity index (χ2v) is 6.86. The van der Waals surface area contributed by atoms with Gasteiger partial charge in [0.1, 0.15) is 18.5 Å². The monoisotopic (exact) mass is 349 g/mol. The number of hydrogen-bond acceptors (Lipinski definition) is 4. The SMILES string of the molecule is Cc1cc(C#CC2CC2)ccc1-c1cncc(OCC2COCCO2)c1. The fourth-order valence-corrected chi connectivity index (χ4v) is 2.95. The van der Waals surface area contributed by atoms with Gasteiger partial charge in [-0.1, -0.05) is 17.9 Å². The van der Waals surface area contributed by atoms with E-state index in [1.54, 1.807) is 6.20 Å². The number of pyridine rings is 1. The van der Waals surface area contributed by atoms with Crippen LogP contribution in [0.5, 0.6) is 5.75 Å². The second-order valence-electron chi connectivity index (χ2n) is 6.86. The zero-order chi connectivity index (χ0) is 17.8. The Hall–Kier alpha value is -2.35. The van der Waals surface area contributed by atoms with Gasteiger partial charge >= 0.3 is 0 Å². The second kappa shape index (κ2) is 7.90. The molecular formula is C22H23NO3. The topological polar surface area (TPSA) is 40.6 Å². The minimum absolute atomic E-state index is 0.0153. The van der Waals surface area contributed by atoms with Crippen molar-refractivity contribution >= 4 is 0 Å².